The molecule has 3 heterocycles. The van der Waals surface area contributed by atoms with Crippen molar-refractivity contribution in [3.8, 4) is 0 Å². The van der Waals surface area contributed by atoms with Crippen LogP contribution in [-0.4, -0.2) is 35.2 Å². The molecule has 1 saturated heterocycles. The van der Waals surface area contributed by atoms with Gasteiger partial charge in [0.2, 0.25) is 0 Å². The van der Waals surface area contributed by atoms with Crippen molar-refractivity contribution in [2.24, 2.45) is 11.1 Å². The van der Waals surface area contributed by atoms with E-state index in [1.54, 1.807) is 0 Å². The molecule has 0 saturated carbocycles. The van der Waals surface area contributed by atoms with Gasteiger partial charge in [0, 0.05) is 34.3 Å². The molecular weight excluding hydrogens is 497 g/mol. The molecule has 158 valence electrons. The van der Waals surface area contributed by atoms with Crippen LogP contribution in [0.4, 0.5) is 4.79 Å². The largest absolute Gasteiger partial charge is 0.446 e. The fourth-order valence-electron chi connectivity index (χ4n) is 4.28. The van der Waals surface area contributed by atoms with Crippen LogP contribution in [0.15, 0.2) is 30.5 Å². The zero-order valence-corrected chi connectivity index (χ0v) is 20.5. The molecule has 1 amide bonds. The number of carbonyl (C=O) groups is 1. The van der Waals surface area contributed by atoms with E-state index >= 15 is 0 Å². The average molecular weight is 527 g/mol. The fourth-order valence-corrected chi connectivity index (χ4v) is 6.04. The summed E-state index contributed by atoms with van der Waals surface area (Å²) < 4.78 is 6.82. The number of hydrogen-bond acceptors (Lipinski definition) is 5. The second-order valence-electron chi connectivity index (χ2n) is 8.57. The van der Waals surface area contributed by atoms with E-state index in [0.29, 0.717) is 0 Å². The Balaban J connectivity index is 1.81. The third kappa shape index (κ3) is 5.11. The van der Waals surface area contributed by atoms with Crippen molar-refractivity contribution in [1.29, 1.82) is 0 Å². The summed E-state index contributed by atoms with van der Waals surface area (Å²) >= 11 is 4.19. The first kappa shape index (κ1) is 22.5. The Morgan fingerprint density at radius 1 is 1.41 bits per heavy atom. The van der Waals surface area contributed by atoms with Gasteiger partial charge in [-0.3, -0.25) is 9.88 Å². The lowest BCUT2D eigenvalue weighted by Gasteiger charge is -2.39. The van der Waals surface area contributed by atoms with Crippen LogP contribution in [0.25, 0.3) is 0 Å². The Kier molecular flexibility index (Phi) is 6.90. The molecule has 1 fully saturated rings. The topological polar surface area (TPSA) is 68.5 Å². The van der Waals surface area contributed by atoms with Crippen LogP contribution in [0.1, 0.15) is 49.7 Å². The van der Waals surface area contributed by atoms with Gasteiger partial charge in [-0.15, -0.1) is 11.3 Å². The highest BCUT2D eigenvalue weighted by Gasteiger charge is 2.47. The molecule has 7 heteroatoms. The van der Waals surface area contributed by atoms with Gasteiger partial charge < -0.3 is 10.5 Å². The Morgan fingerprint density at radius 2 is 2.17 bits per heavy atom. The van der Waals surface area contributed by atoms with Crippen molar-refractivity contribution >= 4 is 40.0 Å². The number of carbonyl (C=O) groups excluding carboxylic acids is 1. The van der Waals surface area contributed by atoms with Crippen LogP contribution in [0.5, 0.6) is 0 Å². The van der Waals surface area contributed by atoms with Crippen molar-refractivity contribution in [3.05, 3.63) is 49.5 Å². The lowest BCUT2D eigenvalue weighted by Crippen LogP contribution is -2.45. The second-order valence-corrected chi connectivity index (χ2v) is 11.6. The number of thiophene rings is 1. The number of halogens is 1. The van der Waals surface area contributed by atoms with Crippen molar-refractivity contribution in [2.75, 3.05) is 13.1 Å². The standard InChI is InChI=1S/C22H30IN3O2S/c1-15-5-6-17(13-25-15)21(3,4)26-12-11-22(14-26,16(2)28-20(24)27)10-9-18-7-8-19(23)29-18/h5-8,13,16H,9-12,14H2,1-4H3,(H2,24,27)/t16-,22?/m0/s1. The maximum atomic E-state index is 11.5. The molecule has 2 aromatic heterocycles. The highest BCUT2D eigenvalue weighted by atomic mass is 127. The summed E-state index contributed by atoms with van der Waals surface area (Å²) in [4.78, 5) is 19.9. The molecule has 2 aromatic rings. The molecule has 0 bridgehead atoms. The first-order chi connectivity index (χ1) is 13.6. The van der Waals surface area contributed by atoms with E-state index in [1.807, 2.05) is 31.4 Å². The van der Waals surface area contributed by atoms with Crippen molar-refractivity contribution < 1.29 is 9.53 Å². The first-order valence-corrected chi connectivity index (χ1v) is 11.9. The predicted molar refractivity (Wildman–Crippen MR) is 126 cm³/mol. The van der Waals surface area contributed by atoms with E-state index in [0.717, 1.165) is 38.0 Å². The van der Waals surface area contributed by atoms with Crippen molar-refractivity contribution in [1.82, 2.24) is 9.88 Å². The summed E-state index contributed by atoms with van der Waals surface area (Å²) in [6.07, 6.45) is 4.00. The molecule has 0 radical (unpaired) electrons. The summed E-state index contributed by atoms with van der Waals surface area (Å²) in [5, 5.41) is 0. The minimum atomic E-state index is -0.692. The van der Waals surface area contributed by atoms with Crippen molar-refractivity contribution in [2.45, 2.75) is 58.6 Å². The predicted octanol–water partition coefficient (Wildman–Crippen LogP) is 5.10. The van der Waals surface area contributed by atoms with Crippen LogP contribution in [-0.2, 0) is 16.7 Å². The number of amides is 1. The van der Waals surface area contributed by atoms with Gasteiger partial charge in [-0.2, -0.15) is 0 Å². The minimum Gasteiger partial charge on any atom is -0.446 e. The van der Waals surface area contributed by atoms with E-state index in [-0.39, 0.29) is 17.1 Å². The van der Waals surface area contributed by atoms with Crippen LogP contribution in [0.2, 0.25) is 0 Å². The van der Waals surface area contributed by atoms with Gasteiger partial charge in [-0.1, -0.05) is 6.07 Å². The molecule has 2 atom stereocenters. The smallest absolute Gasteiger partial charge is 0.404 e. The molecule has 1 unspecified atom stereocenters. The van der Waals surface area contributed by atoms with Crippen LogP contribution >= 0.6 is 33.9 Å². The van der Waals surface area contributed by atoms with Crippen LogP contribution in [0.3, 0.4) is 0 Å². The van der Waals surface area contributed by atoms with Crippen LogP contribution < -0.4 is 5.73 Å². The zero-order chi connectivity index (χ0) is 21.2. The third-order valence-electron chi connectivity index (χ3n) is 6.45. The SMILES string of the molecule is Cc1ccc(C(C)(C)N2CCC(CCc3ccc(I)s3)([C@H](C)OC(N)=O)C2)cn1. The van der Waals surface area contributed by atoms with Crippen LogP contribution in [0, 0.1) is 15.2 Å². The molecule has 0 spiro atoms. The number of nitrogens with two attached hydrogens (primary N) is 1. The lowest BCUT2D eigenvalue weighted by atomic mass is 9.77. The zero-order valence-electron chi connectivity index (χ0n) is 17.6. The monoisotopic (exact) mass is 527 g/mol. The van der Waals surface area contributed by atoms with Gasteiger partial charge in [0.1, 0.15) is 6.10 Å². The summed E-state index contributed by atoms with van der Waals surface area (Å²) in [7, 11) is 0. The number of likely N-dealkylation sites (tertiary alicyclic amines) is 1. The maximum Gasteiger partial charge on any atom is 0.404 e. The summed E-state index contributed by atoms with van der Waals surface area (Å²) in [6.45, 7) is 10.3. The van der Waals surface area contributed by atoms with Crippen molar-refractivity contribution in [3.63, 3.8) is 0 Å². The Labute approximate surface area is 191 Å². The normalized spacial score (nSPS) is 21.3. The minimum absolute atomic E-state index is 0.111. The first-order valence-electron chi connectivity index (χ1n) is 10.0. The van der Waals surface area contributed by atoms with Gasteiger partial charge in [-0.25, -0.2) is 4.79 Å². The third-order valence-corrected chi connectivity index (χ3v) is 8.40. The van der Waals surface area contributed by atoms with Gasteiger partial charge in [0.15, 0.2) is 0 Å². The van der Waals surface area contributed by atoms with Gasteiger partial charge in [0.05, 0.1) is 2.88 Å². The highest BCUT2D eigenvalue weighted by molar-refractivity contribution is 14.1. The molecule has 3 rings (SSSR count). The Hall–Kier alpha value is -1.19. The number of aromatic nitrogens is 1. The number of pyridine rings is 1. The van der Waals surface area contributed by atoms with Gasteiger partial charge in [0.25, 0.3) is 0 Å². The number of rotatable bonds is 7. The molecule has 29 heavy (non-hydrogen) atoms. The Morgan fingerprint density at radius 3 is 2.76 bits per heavy atom. The van der Waals surface area contributed by atoms with Gasteiger partial charge in [-0.05, 0) is 99.9 Å². The highest BCUT2D eigenvalue weighted by Crippen LogP contribution is 2.44. The molecule has 0 aliphatic carbocycles. The molecule has 5 nitrogen and oxygen atoms in total. The van der Waals surface area contributed by atoms with E-state index in [1.165, 1.54) is 13.3 Å². The van der Waals surface area contributed by atoms with E-state index in [2.05, 4.69) is 70.6 Å². The fraction of sp³-hybridized carbons (Fsp3) is 0.545. The molecule has 1 aliphatic rings. The molecule has 2 N–H and O–H groups in total. The quantitative estimate of drug-likeness (QED) is 0.509. The molecule has 1 aliphatic heterocycles. The maximum absolute atomic E-state index is 11.5. The number of primary amides is 1. The van der Waals surface area contributed by atoms with E-state index in [4.69, 9.17) is 10.5 Å². The summed E-state index contributed by atoms with van der Waals surface area (Å²) in [5.74, 6) is 0. The summed E-state index contributed by atoms with van der Waals surface area (Å²) in [6, 6.07) is 8.59. The number of hydrogen-bond donors (Lipinski definition) is 1. The summed E-state index contributed by atoms with van der Waals surface area (Å²) in [5.41, 5.74) is 7.34. The second kappa shape index (κ2) is 8.89. The average Bonchev–Trinajstić information content (AvgIpc) is 3.27. The molecule has 0 aromatic carbocycles. The number of aryl methyl sites for hydroxylation is 2. The molecular formula is C22H30IN3O2S. The van der Waals surface area contributed by atoms with E-state index in [9.17, 15) is 4.79 Å². The number of ether oxygens (including phenoxy) is 1. The van der Waals surface area contributed by atoms with Gasteiger partial charge >= 0.3 is 6.09 Å². The van der Waals surface area contributed by atoms with E-state index < -0.39 is 6.09 Å². The lowest BCUT2D eigenvalue weighted by molar-refractivity contribution is 0.0115. The Bertz CT molecular complexity index is 852. The number of nitrogens with zero attached hydrogens (tertiary/aromatic N) is 2.